The largest absolute Gasteiger partial charge is 0.477 e. The summed E-state index contributed by atoms with van der Waals surface area (Å²) in [5.41, 5.74) is 0. The van der Waals surface area contributed by atoms with Crippen LogP contribution in [0.1, 0.15) is 64.7 Å². The van der Waals surface area contributed by atoms with E-state index in [9.17, 15) is 14.4 Å². The first-order valence-electron chi connectivity index (χ1n) is 9.47. The van der Waals surface area contributed by atoms with Crippen LogP contribution in [0, 0.1) is 0 Å². The summed E-state index contributed by atoms with van der Waals surface area (Å²) >= 11 is 0. The maximum Gasteiger partial charge on any atom is 0.359 e. The molecule has 7 nitrogen and oxygen atoms in total. The number of carbonyl (C=O) groups is 3. The maximum atomic E-state index is 11.1. The van der Waals surface area contributed by atoms with Crippen molar-refractivity contribution in [1.29, 1.82) is 0 Å². The average molecular weight is 372 g/mol. The lowest BCUT2D eigenvalue weighted by atomic mass is 10.1. The number of carboxylic acids is 3. The molecule has 0 rings (SSSR count). The van der Waals surface area contributed by atoms with E-state index in [2.05, 4.69) is 19.1 Å². The van der Waals surface area contributed by atoms with Crippen LogP contribution in [0.25, 0.3) is 0 Å². The van der Waals surface area contributed by atoms with Crippen molar-refractivity contribution in [2.24, 2.45) is 0 Å². The van der Waals surface area contributed by atoms with Gasteiger partial charge in [0.1, 0.15) is 0 Å². The van der Waals surface area contributed by atoms with Gasteiger partial charge in [0, 0.05) is 0 Å². The topological polar surface area (TPSA) is 112 Å². The third kappa shape index (κ3) is 13.4. The van der Waals surface area contributed by atoms with E-state index in [-0.39, 0.29) is 6.54 Å². The molecule has 150 valence electrons. The summed E-state index contributed by atoms with van der Waals surface area (Å²) in [5.74, 6) is -3.55. The van der Waals surface area contributed by atoms with Gasteiger partial charge >= 0.3 is 17.9 Å². The Morgan fingerprint density at radius 1 is 0.692 bits per heavy atom. The van der Waals surface area contributed by atoms with E-state index in [1.54, 1.807) is 0 Å². The third-order valence-corrected chi connectivity index (χ3v) is 4.31. The maximum absolute atomic E-state index is 11.1. The molecule has 0 heterocycles. The van der Waals surface area contributed by atoms with Crippen molar-refractivity contribution in [1.82, 2.24) is 0 Å². The summed E-state index contributed by atoms with van der Waals surface area (Å²) in [7, 11) is 0. The van der Waals surface area contributed by atoms with E-state index in [1.807, 2.05) is 0 Å². The lowest BCUT2D eigenvalue weighted by Gasteiger charge is -2.34. The smallest absolute Gasteiger partial charge is 0.359 e. The Morgan fingerprint density at radius 3 is 1.50 bits per heavy atom. The number of quaternary nitrogens is 1. The SMILES string of the molecule is CCCCCC/C=C/CCCCC[N+](CC(=O)O)(CC(=O)O)CC(=O)O. The average Bonchev–Trinajstić information content (AvgIpc) is 2.50. The molecule has 7 heteroatoms. The molecule has 0 fully saturated rings. The van der Waals surface area contributed by atoms with E-state index >= 15 is 0 Å². The Balaban J connectivity index is 4.27. The zero-order valence-electron chi connectivity index (χ0n) is 15.9. The molecule has 0 saturated carbocycles. The fourth-order valence-electron chi connectivity index (χ4n) is 3.08. The van der Waals surface area contributed by atoms with E-state index in [1.165, 1.54) is 25.7 Å². The lowest BCUT2D eigenvalue weighted by molar-refractivity contribution is -0.907. The Labute approximate surface area is 155 Å². The molecule has 0 aromatic rings. The van der Waals surface area contributed by atoms with Crippen molar-refractivity contribution in [3.05, 3.63) is 12.2 Å². The molecule has 0 unspecified atom stereocenters. The van der Waals surface area contributed by atoms with Crippen molar-refractivity contribution in [3.63, 3.8) is 0 Å². The second-order valence-electron chi connectivity index (χ2n) is 6.89. The number of unbranched alkanes of at least 4 members (excludes halogenated alkanes) is 7. The molecule has 0 aliphatic rings. The first-order valence-corrected chi connectivity index (χ1v) is 9.47. The van der Waals surface area contributed by atoms with Crippen LogP contribution in [0.4, 0.5) is 0 Å². The molecule has 0 radical (unpaired) electrons. The Kier molecular flexibility index (Phi) is 13.3. The molecule has 0 amide bonds. The molecule has 0 atom stereocenters. The molecular weight excluding hydrogens is 338 g/mol. The highest BCUT2D eigenvalue weighted by Crippen LogP contribution is 2.12. The van der Waals surface area contributed by atoms with Crippen LogP contribution in [0.2, 0.25) is 0 Å². The number of aliphatic carboxylic acids is 3. The fraction of sp³-hybridized carbons (Fsp3) is 0.737. The van der Waals surface area contributed by atoms with Crippen molar-refractivity contribution >= 4 is 17.9 Å². The number of nitrogens with zero attached hydrogens (tertiary/aromatic N) is 1. The second-order valence-corrected chi connectivity index (χ2v) is 6.89. The number of hydrogen-bond acceptors (Lipinski definition) is 3. The van der Waals surface area contributed by atoms with Crippen molar-refractivity contribution in [2.75, 3.05) is 26.2 Å². The second kappa shape index (κ2) is 14.3. The Bertz CT molecular complexity index is 420. The first-order chi connectivity index (χ1) is 12.3. The van der Waals surface area contributed by atoms with Crippen LogP contribution in [0.15, 0.2) is 12.2 Å². The van der Waals surface area contributed by atoms with Crippen LogP contribution < -0.4 is 0 Å². The fourth-order valence-corrected chi connectivity index (χ4v) is 3.08. The minimum Gasteiger partial charge on any atom is -0.477 e. The summed E-state index contributed by atoms with van der Waals surface area (Å²) in [4.78, 5) is 33.2. The number of hydrogen-bond donors (Lipinski definition) is 3. The number of carboxylic acid groups (broad SMARTS) is 3. The van der Waals surface area contributed by atoms with Gasteiger partial charge in [0.25, 0.3) is 0 Å². The molecule has 0 saturated heterocycles. The zero-order chi connectivity index (χ0) is 19.8. The normalized spacial score (nSPS) is 11.7. The van der Waals surface area contributed by atoms with Crippen molar-refractivity contribution < 1.29 is 34.2 Å². The highest BCUT2D eigenvalue weighted by Gasteiger charge is 2.35. The molecule has 0 aromatic carbocycles. The van der Waals surface area contributed by atoms with Gasteiger partial charge < -0.3 is 15.3 Å². The van der Waals surface area contributed by atoms with Gasteiger partial charge in [-0.25, -0.2) is 14.4 Å². The third-order valence-electron chi connectivity index (χ3n) is 4.31. The highest BCUT2D eigenvalue weighted by atomic mass is 16.4. The molecule has 0 aliphatic carbocycles. The Morgan fingerprint density at radius 2 is 1.12 bits per heavy atom. The summed E-state index contributed by atoms with van der Waals surface area (Å²) in [6.45, 7) is 0.959. The van der Waals surface area contributed by atoms with Gasteiger partial charge in [0.15, 0.2) is 19.6 Å². The van der Waals surface area contributed by atoms with Crippen LogP contribution in [-0.4, -0.2) is 63.9 Å². The van der Waals surface area contributed by atoms with Gasteiger partial charge in [-0.3, -0.25) is 4.48 Å². The molecule has 26 heavy (non-hydrogen) atoms. The minimum atomic E-state index is -1.18. The van der Waals surface area contributed by atoms with E-state index < -0.39 is 42.0 Å². The van der Waals surface area contributed by atoms with Crippen LogP contribution in [-0.2, 0) is 14.4 Å². The summed E-state index contributed by atoms with van der Waals surface area (Å²) in [6.07, 6.45) is 13.7. The zero-order valence-corrected chi connectivity index (χ0v) is 15.9. The monoisotopic (exact) mass is 372 g/mol. The summed E-state index contributed by atoms with van der Waals surface area (Å²) in [5, 5.41) is 27.1. The summed E-state index contributed by atoms with van der Waals surface area (Å²) in [6, 6.07) is 0. The predicted octanol–water partition coefficient (Wildman–Crippen LogP) is 3.14. The first kappa shape index (κ1) is 24.1. The molecule has 3 N–H and O–H groups in total. The molecule has 0 spiro atoms. The Hall–Kier alpha value is -1.89. The molecule has 0 bridgehead atoms. The van der Waals surface area contributed by atoms with Crippen molar-refractivity contribution in [3.8, 4) is 0 Å². The number of rotatable bonds is 17. The standard InChI is InChI=1S/C19H33NO6/c1-2-3-4-5-6-7-8-9-10-11-12-13-20(14-17(21)22,15-18(23)24)16-19(25)26/h7-8H,2-6,9-16H2,1H3,(H2-,21,22,23,24,25,26)/p+1/b8-7+. The lowest BCUT2D eigenvalue weighted by Crippen LogP contribution is -2.57. The quantitative estimate of drug-likeness (QED) is 0.205. The predicted molar refractivity (Wildman–Crippen MR) is 99.0 cm³/mol. The van der Waals surface area contributed by atoms with Gasteiger partial charge in [-0.15, -0.1) is 0 Å². The van der Waals surface area contributed by atoms with E-state index in [4.69, 9.17) is 15.3 Å². The van der Waals surface area contributed by atoms with Gasteiger partial charge in [0.2, 0.25) is 0 Å². The van der Waals surface area contributed by atoms with E-state index in [0.717, 1.165) is 25.7 Å². The number of allylic oxidation sites excluding steroid dienone is 2. The van der Waals surface area contributed by atoms with Crippen LogP contribution in [0.3, 0.4) is 0 Å². The minimum absolute atomic E-state index is 0.242. The van der Waals surface area contributed by atoms with Gasteiger partial charge in [-0.1, -0.05) is 38.3 Å². The molecular formula is C19H34NO6+. The van der Waals surface area contributed by atoms with Crippen LogP contribution in [0.5, 0.6) is 0 Å². The van der Waals surface area contributed by atoms with Crippen LogP contribution >= 0.6 is 0 Å². The van der Waals surface area contributed by atoms with Gasteiger partial charge in [-0.05, 0) is 38.5 Å². The van der Waals surface area contributed by atoms with Crippen molar-refractivity contribution in [2.45, 2.75) is 64.7 Å². The molecule has 0 aliphatic heterocycles. The molecule has 0 aromatic heterocycles. The van der Waals surface area contributed by atoms with Gasteiger partial charge in [-0.2, -0.15) is 0 Å². The van der Waals surface area contributed by atoms with E-state index in [0.29, 0.717) is 6.42 Å². The van der Waals surface area contributed by atoms with Gasteiger partial charge in [0.05, 0.1) is 6.54 Å². The summed E-state index contributed by atoms with van der Waals surface area (Å²) < 4.78 is -0.451. The highest BCUT2D eigenvalue weighted by molar-refractivity contribution is 5.73.